The lowest BCUT2D eigenvalue weighted by Crippen LogP contribution is -2.02. The maximum Gasteiger partial charge on any atom is 0.115 e. The van der Waals surface area contributed by atoms with E-state index in [-0.39, 0.29) is 0 Å². The van der Waals surface area contributed by atoms with E-state index in [1.54, 1.807) is 12.1 Å². The molecule has 1 aromatic heterocycles. The Bertz CT molecular complexity index is 299. The highest BCUT2D eigenvalue weighted by atomic mass is 14.8. The van der Waals surface area contributed by atoms with Gasteiger partial charge in [0.25, 0.3) is 0 Å². The van der Waals surface area contributed by atoms with Crippen molar-refractivity contribution in [2.24, 2.45) is 5.73 Å². The third kappa shape index (κ3) is 1.69. The molecule has 4 N–H and O–H groups in total. The molecule has 0 aliphatic rings. The summed E-state index contributed by atoms with van der Waals surface area (Å²) in [6.07, 6.45) is 5.13. The van der Waals surface area contributed by atoms with E-state index in [0.29, 0.717) is 17.9 Å². The molecular formula is C8H9N3. The number of terminal acetylenes is 1. The summed E-state index contributed by atoms with van der Waals surface area (Å²) in [5, 5.41) is 0. The molecule has 0 spiro atoms. The summed E-state index contributed by atoms with van der Waals surface area (Å²) in [7, 11) is 0. The van der Waals surface area contributed by atoms with Crippen molar-refractivity contribution in [3.63, 3.8) is 0 Å². The molecule has 0 fully saturated rings. The molecule has 3 heteroatoms. The zero-order valence-electron chi connectivity index (χ0n) is 6.04. The number of rotatable bonds is 1. The molecule has 0 atom stereocenters. The molecule has 3 nitrogen and oxygen atoms in total. The summed E-state index contributed by atoms with van der Waals surface area (Å²) in [5.41, 5.74) is 12.7. The van der Waals surface area contributed by atoms with E-state index in [2.05, 4.69) is 10.9 Å². The number of nitrogens with zero attached hydrogens (tertiary/aromatic N) is 1. The summed E-state index contributed by atoms with van der Waals surface area (Å²) in [5.74, 6) is 2.40. The Hall–Kier alpha value is -1.53. The van der Waals surface area contributed by atoms with Crippen LogP contribution in [-0.2, 0) is 6.54 Å². The van der Waals surface area contributed by atoms with Gasteiger partial charge in [0, 0.05) is 12.2 Å². The van der Waals surface area contributed by atoms with Gasteiger partial charge in [0.15, 0.2) is 0 Å². The van der Waals surface area contributed by atoms with Gasteiger partial charge in [-0.2, -0.15) is 0 Å². The van der Waals surface area contributed by atoms with Crippen LogP contribution in [-0.4, -0.2) is 4.98 Å². The zero-order valence-corrected chi connectivity index (χ0v) is 6.04. The monoisotopic (exact) mass is 147 g/mol. The lowest BCUT2D eigenvalue weighted by molar-refractivity contribution is 0.986. The van der Waals surface area contributed by atoms with Gasteiger partial charge in [-0.3, -0.25) is 0 Å². The minimum Gasteiger partial charge on any atom is -0.399 e. The second-order valence-electron chi connectivity index (χ2n) is 2.13. The van der Waals surface area contributed by atoms with Crippen molar-refractivity contribution in [3.8, 4) is 12.3 Å². The predicted octanol–water partition coefficient (Wildman–Crippen LogP) is 0.104. The third-order valence-electron chi connectivity index (χ3n) is 1.26. The maximum absolute atomic E-state index is 5.52. The number of nitrogen functional groups attached to an aromatic ring is 1. The van der Waals surface area contributed by atoms with E-state index in [0.717, 1.165) is 5.69 Å². The van der Waals surface area contributed by atoms with E-state index < -0.39 is 0 Å². The molecule has 0 aliphatic heterocycles. The standard InChI is InChI=1S/C8H9N3/c1-2-7-3-6(10)4-8(5-9)11-7/h1,3-4H,5,9H2,(H2,10,11). The Labute approximate surface area is 65.4 Å². The summed E-state index contributed by atoms with van der Waals surface area (Å²) in [6.45, 7) is 0.361. The van der Waals surface area contributed by atoms with Crippen molar-refractivity contribution in [2.45, 2.75) is 6.54 Å². The Morgan fingerprint density at radius 1 is 1.55 bits per heavy atom. The number of anilines is 1. The molecule has 0 aliphatic carbocycles. The highest BCUT2D eigenvalue weighted by Crippen LogP contribution is 2.05. The van der Waals surface area contributed by atoms with Gasteiger partial charge in [0.1, 0.15) is 5.69 Å². The molecule has 0 radical (unpaired) electrons. The van der Waals surface area contributed by atoms with E-state index in [9.17, 15) is 0 Å². The number of nitrogens with two attached hydrogens (primary N) is 2. The van der Waals surface area contributed by atoms with Crippen molar-refractivity contribution >= 4 is 5.69 Å². The van der Waals surface area contributed by atoms with Crippen molar-refractivity contribution < 1.29 is 0 Å². The predicted molar refractivity (Wildman–Crippen MR) is 44.5 cm³/mol. The minimum atomic E-state index is 0.361. The van der Waals surface area contributed by atoms with Crippen LogP contribution in [0.2, 0.25) is 0 Å². The van der Waals surface area contributed by atoms with Gasteiger partial charge >= 0.3 is 0 Å². The second kappa shape index (κ2) is 3.04. The first-order valence-corrected chi connectivity index (χ1v) is 3.19. The Morgan fingerprint density at radius 2 is 2.27 bits per heavy atom. The van der Waals surface area contributed by atoms with Crippen molar-refractivity contribution in [1.29, 1.82) is 0 Å². The molecule has 1 rings (SSSR count). The first-order valence-electron chi connectivity index (χ1n) is 3.19. The number of hydrogen-bond acceptors (Lipinski definition) is 3. The molecule has 1 heterocycles. The Morgan fingerprint density at radius 3 is 2.82 bits per heavy atom. The molecule has 56 valence electrons. The summed E-state index contributed by atoms with van der Waals surface area (Å²) in [4.78, 5) is 4.03. The van der Waals surface area contributed by atoms with E-state index >= 15 is 0 Å². The Balaban J connectivity index is 3.15. The molecule has 0 saturated carbocycles. The Kier molecular flexibility index (Phi) is 2.09. The van der Waals surface area contributed by atoms with E-state index in [1.807, 2.05) is 0 Å². The zero-order chi connectivity index (χ0) is 8.27. The molecule has 0 bridgehead atoms. The van der Waals surface area contributed by atoms with Gasteiger partial charge in [-0.1, -0.05) is 5.92 Å². The fourth-order valence-electron chi connectivity index (χ4n) is 0.790. The van der Waals surface area contributed by atoms with Crippen LogP contribution in [0.5, 0.6) is 0 Å². The van der Waals surface area contributed by atoms with Crippen LogP contribution in [0.15, 0.2) is 12.1 Å². The maximum atomic E-state index is 5.52. The van der Waals surface area contributed by atoms with Crippen molar-refractivity contribution in [1.82, 2.24) is 4.98 Å². The molecule has 1 aromatic rings. The normalized spacial score (nSPS) is 9.09. The molecule has 0 amide bonds. The van der Waals surface area contributed by atoms with Crippen LogP contribution < -0.4 is 11.5 Å². The number of aromatic nitrogens is 1. The van der Waals surface area contributed by atoms with Gasteiger partial charge < -0.3 is 11.5 Å². The summed E-state index contributed by atoms with van der Waals surface area (Å²) >= 11 is 0. The second-order valence-corrected chi connectivity index (χ2v) is 2.13. The average molecular weight is 147 g/mol. The van der Waals surface area contributed by atoms with Crippen LogP contribution in [0.4, 0.5) is 5.69 Å². The van der Waals surface area contributed by atoms with Crippen LogP contribution in [0.1, 0.15) is 11.4 Å². The minimum absolute atomic E-state index is 0.361. The quantitative estimate of drug-likeness (QED) is 0.554. The molecular weight excluding hydrogens is 138 g/mol. The van der Waals surface area contributed by atoms with Crippen LogP contribution in [0.25, 0.3) is 0 Å². The first-order chi connectivity index (χ1) is 5.26. The molecule has 11 heavy (non-hydrogen) atoms. The van der Waals surface area contributed by atoms with E-state index in [4.69, 9.17) is 17.9 Å². The van der Waals surface area contributed by atoms with E-state index in [1.165, 1.54) is 0 Å². The summed E-state index contributed by atoms with van der Waals surface area (Å²) < 4.78 is 0. The van der Waals surface area contributed by atoms with Crippen LogP contribution in [0, 0.1) is 12.3 Å². The molecule has 0 saturated heterocycles. The highest BCUT2D eigenvalue weighted by Gasteiger charge is 1.95. The van der Waals surface area contributed by atoms with Gasteiger partial charge in [0.2, 0.25) is 0 Å². The number of hydrogen-bond donors (Lipinski definition) is 2. The lowest BCUT2D eigenvalue weighted by Gasteiger charge is -1.98. The van der Waals surface area contributed by atoms with Crippen LogP contribution in [0.3, 0.4) is 0 Å². The topological polar surface area (TPSA) is 64.9 Å². The highest BCUT2D eigenvalue weighted by molar-refractivity contribution is 5.44. The lowest BCUT2D eigenvalue weighted by atomic mass is 10.2. The first kappa shape index (κ1) is 7.58. The molecule has 0 unspecified atom stereocenters. The fraction of sp³-hybridized carbons (Fsp3) is 0.125. The van der Waals surface area contributed by atoms with Gasteiger partial charge in [-0.05, 0) is 12.1 Å². The third-order valence-corrected chi connectivity index (χ3v) is 1.26. The van der Waals surface area contributed by atoms with Gasteiger partial charge in [0.05, 0.1) is 5.69 Å². The van der Waals surface area contributed by atoms with Crippen LogP contribution >= 0.6 is 0 Å². The summed E-state index contributed by atoms with van der Waals surface area (Å²) in [6, 6.07) is 3.35. The van der Waals surface area contributed by atoms with Gasteiger partial charge in [-0.25, -0.2) is 4.98 Å². The largest absolute Gasteiger partial charge is 0.399 e. The number of pyridine rings is 1. The fourth-order valence-corrected chi connectivity index (χ4v) is 0.790. The average Bonchev–Trinajstić information content (AvgIpc) is 2.03. The molecule has 0 aromatic carbocycles. The van der Waals surface area contributed by atoms with Gasteiger partial charge in [-0.15, -0.1) is 6.42 Å². The smallest absolute Gasteiger partial charge is 0.115 e. The van der Waals surface area contributed by atoms with Crippen molar-refractivity contribution in [3.05, 3.63) is 23.5 Å². The SMILES string of the molecule is C#Cc1cc(N)cc(CN)n1. The van der Waals surface area contributed by atoms with Crippen molar-refractivity contribution in [2.75, 3.05) is 5.73 Å².